The molecule has 1 unspecified atom stereocenters. The Labute approximate surface area is 103 Å². The number of carbonyl (C=O) groups is 2. The van der Waals surface area contributed by atoms with Crippen molar-refractivity contribution < 1.29 is 34.4 Å². The molecule has 6 N–H and O–H groups in total. The van der Waals surface area contributed by atoms with Gasteiger partial charge in [0.25, 0.3) is 0 Å². The van der Waals surface area contributed by atoms with Crippen LogP contribution >= 0.6 is 7.37 Å². The predicted molar refractivity (Wildman–Crippen MR) is 60.2 cm³/mol. The summed E-state index contributed by atoms with van der Waals surface area (Å²) >= 11 is 0. The smallest absolute Gasteiger partial charge is 0.320 e. The Hall–Kier alpha value is -0.950. The first-order chi connectivity index (χ1) is 8.16. The van der Waals surface area contributed by atoms with Crippen molar-refractivity contribution in [1.29, 1.82) is 0 Å². The Morgan fingerprint density at radius 3 is 2.33 bits per heavy atom. The lowest BCUT2D eigenvalue weighted by molar-refractivity contribution is -0.139. The highest BCUT2D eigenvalue weighted by Crippen LogP contribution is 2.57. The highest BCUT2D eigenvalue weighted by Gasteiger charge is 2.53. The average Bonchev–Trinajstić information content (AvgIpc) is 3.04. The van der Waals surface area contributed by atoms with E-state index in [4.69, 9.17) is 15.9 Å². The van der Waals surface area contributed by atoms with Gasteiger partial charge in [0.15, 0.2) is 0 Å². The molecule has 0 aliphatic heterocycles. The lowest BCUT2D eigenvalue weighted by Crippen LogP contribution is -2.31. The molecule has 8 nitrogen and oxygen atoms in total. The van der Waals surface area contributed by atoms with Crippen LogP contribution in [0.3, 0.4) is 0 Å². The minimum absolute atomic E-state index is 0.159. The zero-order valence-electron chi connectivity index (χ0n) is 9.47. The van der Waals surface area contributed by atoms with E-state index in [1.165, 1.54) is 0 Å². The summed E-state index contributed by atoms with van der Waals surface area (Å²) in [7, 11) is -4.00. The van der Waals surface area contributed by atoms with E-state index >= 15 is 0 Å². The van der Waals surface area contributed by atoms with Crippen molar-refractivity contribution in [3.63, 3.8) is 0 Å². The van der Waals surface area contributed by atoms with Gasteiger partial charge in [-0.15, -0.1) is 0 Å². The number of carboxylic acid groups (broad SMARTS) is 2. The van der Waals surface area contributed by atoms with Crippen LogP contribution in [0.4, 0.5) is 0 Å². The number of aliphatic carboxylic acids is 2. The fourth-order valence-electron chi connectivity index (χ4n) is 1.71. The molecule has 1 aliphatic rings. The van der Waals surface area contributed by atoms with Crippen molar-refractivity contribution in [1.82, 2.24) is 0 Å². The maximum absolute atomic E-state index is 11.8. The number of carboxylic acids is 2. The molecule has 18 heavy (non-hydrogen) atoms. The predicted octanol–water partition coefficient (Wildman–Crippen LogP) is -0.902. The molecule has 0 saturated heterocycles. The summed E-state index contributed by atoms with van der Waals surface area (Å²) < 4.78 is 11.8. The van der Waals surface area contributed by atoms with Crippen molar-refractivity contribution in [2.45, 2.75) is 24.7 Å². The van der Waals surface area contributed by atoms with Crippen molar-refractivity contribution in [3.05, 3.63) is 0 Å². The summed E-state index contributed by atoms with van der Waals surface area (Å²) in [6.07, 6.45) is -0.527. The third-order valence-corrected chi connectivity index (χ3v) is 5.14. The van der Waals surface area contributed by atoms with Gasteiger partial charge in [-0.05, 0) is 12.8 Å². The quantitative estimate of drug-likeness (QED) is 0.375. The Balaban J connectivity index is 2.51. The minimum Gasteiger partial charge on any atom is -0.481 e. The molecule has 0 bridgehead atoms. The molecular weight excluding hydrogens is 265 g/mol. The first-order valence-corrected chi connectivity index (χ1v) is 7.29. The maximum Gasteiger partial charge on any atom is 0.320 e. The topological polar surface area (TPSA) is 158 Å². The number of rotatable bonds is 7. The van der Waals surface area contributed by atoms with Crippen LogP contribution in [-0.4, -0.2) is 50.2 Å². The maximum atomic E-state index is 11.8. The zero-order valence-corrected chi connectivity index (χ0v) is 10.4. The Morgan fingerprint density at radius 1 is 1.39 bits per heavy atom. The van der Waals surface area contributed by atoms with Gasteiger partial charge in [0.1, 0.15) is 11.9 Å². The number of hydrogen-bond acceptors (Lipinski definition) is 5. The minimum atomic E-state index is -4.00. The molecule has 0 radical (unpaired) electrons. The Morgan fingerprint density at radius 2 is 1.94 bits per heavy atom. The Kier molecular flexibility index (Phi) is 4.50. The van der Waals surface area contributed by atoms with Gasteiger partial charge < -0.3 is 25.9 Å². The van der Waals surface area contributed by atoms with Crippen molar-refractivity contribution in [2.75, 3.05) is 6.16 Å². The number of aliphatic hydroxyl groups is 1. The molecule has 5 atom stereocenters. The number of aliphatic hydroxyl groups excluding tert-OH is 1. The molecule has 1 rings (SSSR count). The molecule has 0 spiro atoms. The van der Waals surface area contributed by atoms with Crippen molar-refractivity contribution >= 4 is 19.3 Å². The van der Waals surface area contributed by atoms with Crippen molar-refractivity contribution in [3.8, 4) is 0 Å². The van der Waals surface area contributed by atoms with Crippen LogP contribution in [0, 0.1) is 11.8 Å². The molecule has 1 aliphatic carbocycles. The van der Waals surface area contributed by atoms with Crippen LogP contribution in [0.2, 0.25) is 0 Å². The van der Waals surface area contributed by atoms with E-state index in [0.29, 0.717) is 0 Å². The van der Waals surface area contributed by atoms with Crippen LogP contribution in [0.1, 0.15) is 12.8 Å². The normalized spacial score (nSPS) is 29.1. The van der Waals surface area contributed by atoms with Crippen LogP contribution in [0.15, 0.2) is 0 Å². The van der Waals surface area contributed by atoms with Gasteiger partial charge in [0, 0.05) is 12.1 Å². The van der Waals surface area contributed by atoms with Gasteiger partial charge >= 0.3 is 11.9 Å². The zero-order chi connectivity index (χ0) is 14.1. The molecule has 0 aromatic rings. The summed E-state index contributed by atoms with van der Waals surface area (Å²) in [5, 5.41) is 26.8. The van der Waals surface area contributed by atoms with E-state index in [1.807, 2.05) is 0 Å². The van der Waals surface area contributed by atoms with Gasteiger partial charge in [-0.2, -0.15) is 0 Å². The largest absolute Gasteiger partial charge is 0.481 e. The third kappa shape index (κ3) is 3.52. The van der Waals surface area contributed by atoms with Gasteiger partial charge in [-0.1, -0.05) is 0 Å². The Bertz CT molecular complexity index is 398. The molecule has 0 heterocycles. The van der Waals surface area contributed by atoms with Crippen LogP contribution < -0.4 is 5.73 Å². The lowest BCUT2D eigenvalue weighted by Gasteiger charge is -2.18. The monoisotopic (exact) mass is 281 g/mol. The SMILES string of the molecule is N[C@@H](CCP(=O)(O)[C@@H](O)[C@H]1C[C@H]1C(=O)O)C(=O)O. The van der Waals surface area contributed by atoms with Crippen LogP contribution in [0.25, 0.3) is 0 Å². The van der Waals surface area contributed by atoms with E-state index in [9.17, 15) is 24.2 Å². The van der Waals surface area contributed by atoms with Crippen molar-refractivity contribution in [2.24, 2.45) is 17.6 Å². The van der Waals surface area contributed by atoms with Crippen LogP contribution in [0.5, 0.6) is 0 Å². The standard InChI is InChI=1S/C9H16NO7P/c10-6(8(13)14)1-2-18(16,17)9(15)5-3-4(5)7(11)12/h4-6,9,15H,1-3,10H2,(H,11,12)(H,13,14)(H,16,17)/t4-,5+,6+,9-/m1/s1. The number of hydrogen-bond donors (Lipinski definition) is 5. The average molecular weight is 281 g/mol. The first-order valence-electron chi connectivity index (χ1n) is 5.37. The third-order valence-electron chi connectivity index (χ3n) is 3.03. The summed E-state index contributed by atoms with van der Waals surface area (Å²) in [4.78, 5) is 30.6. The summed E-state index contributed by atoms with van der Waals surface area (Å²) in [6.45, 7) is 0. The molecule has 104 valence electrons. The molecule has 1 fully saturated rings. The first kappa shape index (κ1) is 15.1. The van der Waals surface area contributed by atoms with E-state index in [2.05, 4.69) is 0 Å². The highest BCUT2D eigenvalue weighted by molar-refractivity contribution is 7.58. The molecule has 0 aromatic carbocycles. The van der Waals surface area contributed by atoms with Gasteiger partial charge in [0.2, 0.25) is 7.37 Å². The molecule has 1 saturated carbocycles. The van der Waals surface area contributed by atoms with E-state index in [1.54, 1.807) is 0 Å². The second-order valence-corrected chi connectivity index (χ2v) is 6.96. The van der Waals surface area contributed by atoms with Gasteiger partial charge in [-0.3, -0.25) is 14.2 Å². The lowest BCUT2D eigenvalue weighted by atomic mass is 10.2. The fourth-order valence-corrected chi connectivity index (χ4v) is 3.55. The van der Waals surface area contributed by atoms with E-state index in [-0.39, 0.29) is 12.8 Å². The number of nitrogens with two attached hydrogens (primary N) is 1. The summed E-state index contributed by atoms with van der Waals surface area (Å²) in [5.41, 5.74) is 5.18. The summed E-state index contributed by atoms with van der Waals surface area (Å²) in [6, 6.07) is -1.27. The van der Waals surface area contributed by atoms with E-state index in [0.717, 1.165) is 0 Å². The van der Waals surface area contributed by atoms with Gasteiger partial charge in [-0.25, -0.2) is 0 Å². The molecule has 0 amide bonds. The molecule has 9 heteroatoms. The molecular formula is C9H16NO7P. The highest BCUT2D eigenvalue weighted by atomic mass is 31.2. The molecule has 0 aromatic heterocycles. The summed E-state index contributed by atoms with van der Waals surface area (Å²) in [5.74, 6) is -5.56. The van der Waals surface area contributed by atoms with Gasteiger partial charge in [0.05, 0.1) is 5.92 Å². The van der Waals surface area contributed by atoms with Crippen LogP contribution in [-0.2, 0) is 14.2 Å². The fraction of sp³-hybridized carbons (Fsp3) is 0.778. The van der Waals surface area contributed by atoms with E-state index < -0.39 is 49.2 Å². The second-order valence-electron chi connectivity index (χ2n) is 4.47. The second kappa shape index (κ2) is 5.36.